The lowest BCUT2D eigenvalue weighted by Gasteiger charge is -2.24. The number of nitrogens with one attached hydrogen (secondary N) is 2. The van der Waals surface area contributed by atoms with Crippen molar-refractivity contribution in [3.05, 3.63) is 34.2 Å². The summed E-state index contributed by atoms with van der Waals surface area (Å²) in [5, 5.41) is 6.53. The Hall–Kier alpha value is -2.34. The lowest BCUT2D eigenvalue weighted by molar-refractivity contribution is -0.114. The Morgan fingerprint density at radius 1 is 1.35 bits per heavy atom. The van der Waals surface area contributed by atoms with E-state index in [4.69, 9.17) is 9.15 Å². The van der Waals surface area contributed by atoms with Gasteiger partial charge < -0.3 is 19.8 Å². The molecule has 0 unspecified atom stereocenters. The Kier molecular flexibility index (Phi) is 4.34. The number of hydrogen-bond donors (Lipinski definition) is 2. The van der Waals surface area contributed by atoms with Gasteiger partial charge in [-0.2, -0.15) is 0 Å². The number of amides is 1. The van der Waals surface area contributed by atoms with Crippen LogP contribution in [0.15, 0.2) is 27.4 Å². The summed E-state index contributed by atoms with van der Waals surface area (Å²) in [5.74, 6) is 0.430. The number of ether oxygens (including phenoxy) is 1. The van der Waals surface area contributed by atoms with Gasteiger partial charge in [-0.05, 0) is 51.1 Å². The van der Waals surface area contributed by atoms with Crippen molar-refractivity contribution in [3.8, 4) is 5.75 Å². The van der Waals surface area contributed by atoms with Crippen molar-refractivity contribution in [3.63, 3.8) is 0 Å². The van der Waals surface area contributed by atoms with Crippen LogP contribution in [0.1, 0.15) is 25.3 Å². The summed E-state index contributed by atoms with van der Waals surface area (Å²) in [6.45, 7) is 5.13. The van der Waals surface area contributed by atoms with E-state index in [-0.39, 0.29) is 17.7 Å². The number of carbonyl (C=O) groups excluding carboxylic acids is 1. The van der Waals surface area contributed by atoms with E-state index in [1.54, 1.807) is 6.07 Å². The minimum Gasteiger partial charge on any atom is -0.490 e. The minimum absolute atomic E-state index is 0.149. The van der Waals surface area contributed by atoms with Gasteiger partial charge in [-0.25, -0.2) is 4.79 Å². The summed E-state index contributed by atoms with van der Waals surface area (Å²) < 4.78 is 11.4. The summed E-state index contributed by atoms with van der Waals surface area (Å²) >= 11 is 0. The standard InChI is InChI=1S/C17H20N2O4/c1-10-15(22-13-5-7-18-8-6-13)4-3-12-9-14(19-11(2)20)17(21)23-16(10)12/h3-4,9,13,18H,5-8H2,1-2H3,(H,19,20). The normalized spacial score (nSPS) is 15.6. The smallest absolute Gasteiger partial charge is 0.360 e. The first-order valence-corrected chi connectivity index (χ1v) is 7.77. The van der Waals surface area contributed by atoms with Crippen LogP contribution in [-0.4, -0.2) is 25.1 Å². The fourth-order valence-corrected chi connectivity index (χ4v) is 2.80. The topological polar surface area (TPSA) is 80.6 Å². The third kappa shape index (κ3) is 3.37. The molecule has 1 aliphatic heterocycles. The Morgan fingerprint density at radius 3 is 2.78 bits per heavy atom. The molecule has 0 aliphatic carbocycles. The molecule has 2 aromatic rings. The predicted octanol–water partition coefficient (Wildman–Crippen LogP) is 2.19. The Labute approximate surface area is 133 Å². The van der Waals surface area contributed by atoms with Crippen LogP contribution in [0, 0.1) is 6.92 Å². The quantitative estimate of drug-likeness (QED) is 0.849. The zero-order valence-electron chi connectivity index (χ0n) is 13.3. The predicted molar refractivity (Wildman–Crippen MR) is 88.0 cm³/mol. The maximum absolute atomic E-state index is 12.0. The van der Waals surface area contributed by atoms with E-state index >= 15 is 0 Å². The van der Waals surface area contributed by atoms with Crippen molar-refractivity contribution in [2.24, 2.45) is 0 Å². The van der Waals surface area contributed by atoms with Gasteiger partial charge in [0.15, 0.2) is 0 Å². The third-order valence-corrected chi connectivity index (χ3v) is 3.99. The maximum Gasteiger partial charge on any atom is 0.360 e. The lowest BCUT2D eigenvalue weighted by Crippen LogP contribution is -2.34. The highest BCUT2D eigenvalue weighted by Crippen LogP contribution is 2.29. The second-order valence-corrected chi connectivity index (χ2v) is 5.80. The molecule has 2 heterocycles. The Balaban J connectivity index is 1.95. The molecule has 0 bridgehead atoms. The van der Waals surface area contributed by atoms with Gasteiger partial charge in [0.05, 0.1) is 0 Å². The highest BCUT2D eigenvalue weighted by atomic mass is 16.5. The molecule has 1 aromatic carbocycles. The van der Waals surface area contributed by atoms with E-state index in [9.17, 15) is 9.59 Å². The number of piperidine rings is 1. The van der Waals surface area contributed by atoms with Gasteiger partial charge >= 0.3 is 5.63 Å². The molecule has 6 heteroatoms. The average molecular weight is 316 g/mol. The van der Waals surface area contributed by atoms with E-state index in [2.05, 4.69) is 10.6 Å². The first-order chi connectivity index (χ1) is 11.0. The SMILES string of the molecule is CC(=O)Nc1cc2ccc(OC3CCNCC3)c(C)c2oc1=O. The number of carbonyl (C=O) groups is 1. The van der Waals surface area contributed by atoms with Crippen LogP contribution < -0.4 is 21.0 Å². The van der Waals surface area contributed by atoms with Gasteiger partial charge in [0.25, 0.3) is 0 Å². The van der Waals surface area contributed by atoms with Crippen LogP contribution in [0.3, 0.4) is 0 Å². The number of rotatable bonds is 3. The average Bonchev–Trinajstić information content (AvgIpc) is 2.52. The number of benzene rings is 1. The van der Waals surface area contributed by atoms with Gasteiger partial charge in [-0.15, -0.1) is 0 Å². The molecule has 23 heavy (non-hydrogen) atoms. The second kappa shape index (κ2) is 6.42. The molecule has 6 nitrogen and oxygen atoms in total. The highest BCUT2D eigenvalue weighted by molar-refractivity contribution is 5.91. The van der Waals surface area contributed by atoms with Crippen molar-refractivity contribution < 1.29 is 13.9 Å². The highest BCUT2D eigenvalue weighted by Gasteiger charge is 2.17. The summed E-state index contributed by atoms with van der Waals surface area (Å²) in [5.41, 5.74) is 0.884. The molecule has 0 saturated carbocycles. The van der Waals surface area contributed by atoms with Crippen LogP contribution in [0.5, 0.6) is 5.75 Å². The summed E-state index contributed by atoms with van der Waals surface area (Å²) in [6, 6.07) is 5.36. The van der Waals surface area contributed by atoms with Gasteiger partial charge in [0.2, 0.25) is 5.91 Å². The number of anilines is 1. The zero-order valence-corrected chi connectivity index (χ0v) is 13.3. The molecule has 0 spiro atoms. The zero-order chi connectivity index (χ0) is 16.4. The van der Waals surface area contributed by atoms with Crippen molar-refractivity contribution >= 4 is 22.6 Å². The largest absolute Gasteiger partial charge is 0.490 e. The molecule has 1 aliphatic rings. The molecule has 1 saturated heterocycles. The first-order valence-electron chi connectivity index (χ1n) is 7.77. The van der Waals surface area contributed by atoms with E-state index in [1.807, 2.05) is 19.1 Å². The van der Waals surface area contributed by atoms with Crippen LogP contribution in [0.4, 0.5) is 5.69 Å². The van der Waals surface area contributed by atoms with Gasteiger partial charge in [0.1, 0.15) is 23.1 Å². The lowest BCUT2D eigenvalue weighted by atomic mass is 10.1. The number of aryl methyl sites for hydroxylation is 1. The summed E-state index contributed by atoms with van der Waals surface area (Å²) in [7, 11) is 0. The number of hydrogen-bond acceptors (Lipinski definition) is 5. The Bertz CT molecular complexity index is 791. The molecule has 122 valence electrons. The molecule has 0 atom stereocenters. The van der Waals surface area contributed by atoms with Crippen molar-refractivity contribution in [2.75, 3.05) is 18.4 Å². The van der Waals surface area contributed by atoms with Gasteiger partial charge in [-0.3, -0.25) is 4.79 Å². The summed E-state index contributed by atoms with van der Waals surface area (Å²) in [4.78, 5) is 23.1. The molecular weight excluding hydrogens is 296 g/mol. The minimum atomic E-state index is -0.560. The third-order valence-electron chi connectivity index (χ3n) is 3.99. The molecular formula is C17H20N2O4. The van der Waals surface area contributed by atoms with Crippen LogP contribution in [0.25, 0.3) is 11.0 Å². The van der Waals surface area contributed by atoms with Crippen LogP contribution in [0.2, 0.25) is 0 Å². The van der Waals surface area contributed by atoms with Crippen molar-refractivity contribution in [2.45, 2.75) is 32.8 Å². The van der Waals surface area contributed by atoms with E-state index < -0.39 is 5.63 Å². The molecule has 0 radical (unpaired) electrons. The maximum atomic E-state index is 12.0. The van der Waals surface area contributed by atoms with Crippen LogP contribution >= 0.6 is 0 Å². The number of fused-ring (bicyclic) bond motifs is 1. The molecule has 2 N–H and O–H groups in total. The van der Waals surface area contributed by atoms with Gasteiger partial charge in [0, 0.05) is 17.9 Å². The van der Waals surface area contributed by atoms with E-state index in [0.29, 0.717) is 5.58 Å². The fraction of sp³-hybridized carbons (Fsp3) is 0.412. The van der Waals surface area contributed by atoms with E-state index in [0.717, 1.165) is 42.6 Å². The molecule has 1 fully saturated rings. The van der Waals surface area contributed by atoms with Crippen LogP contribution in [-0.2, 0) is 4.79 Å². The Morgan fingerprint density at radius 2 is 2.09 bits per heavy atom. The first kappa shape index (κ1) is 15.6. The molecule has 3 rings (SSSR count). The van der Waals surface area contributed by atoms with Crippen molar-refractivity contribution in [1.82, 2.24) is 5.32 Å². The molecule has 1 amide bonds. The molecule has 1 aromatic heterocycles. The summed E-state index contributed by atoms with van der Waals surface area (Å²) in [6.07, 6.45) is 2.10. The van der Waals surface area contributed by atoms with Crippen molar-refractivity contribution in [1.29, 1.82) is 0 Å². The second-order valence-electron chi connectivity index (χ2n) is 5.80. The van der Waals surface area contributed by atoms with E-state index in [1.165, 1.54) is 6.92 Å². The fourth-order valence-electron chi connectivity index (χ4n) is 2.80. The monoisotopic (exact) mass is 316 g/mol. The van der Waals surface area contributed by atoms with Gasteiger partial charge in [-0.1, -0.05) is 0 Å².